The van der Waals surface area contributed by atoms with E-state index >= 15 is 0 Å². The van der Waals surface area contributed by atoms with Crippen LogP contribution in [0.15, 0.2) is 15.2 Å². The molecular weight excluding hydrogens is 254 g/mol. The summed E-state index contributed by atoms with van der Waals surface area (Å²) in [7, 11) is 1.37. The largest absolute Gasteiger partial charge is 0.469 e. The molecule has 3 nitrogen and oxygen atoms in total. The Hall–Kier alpha value is -0.390. The van der Waals surface area contributed by atoms with Gasteiger partial charge in [-0.3, -0.25) is 4.79 Å². The number of hydrogen-bond acceptors (Lipinski definition) is 4. The number of ether oxygens (including phenoxy) is 1. The summed E-state index contributed by atoms with van der Waals surface area (Å²) >= 11 is 4.86. The maximum Gasteiger partial charge on any atom is 0.314 e. The van der Waals surface area contributed by atoms with Gasteiger partial charge >= 0.3 is 5.97 Å². The third-order valence-corrected chi connectivity index (χ3v) is 3.23. The zero-order chi connectivity index (χ0) is 9.84. The zero-order valence-electron chi connectivity index (χ0n) is 7.12. The summed E-state index contributed by atoms with van der Waals surface area (Å²) < 4.78 is 5.63. The van der Waals surface area contributed by atoms with Gasteiger partial charge in [0, 0.05) is 6.54 Å². The molecule has 1 unspecified atom stereocenters. The van der Waals surface area contributed by atoms with Crippen LogP contribution in [0.1, 0.15) is 11.5 Å². The van der Waals surface area contributed by atoms with Crippen LogP contribution in [-0.4, -0.2) is 19.6 Å². The minimum atomic E-state index is -0.340. The molecule has 1 rings (SSSR count). The third kappa shape index (κ3) is 2.52. The molecule has 0 aliphatic rings. The van der Waals surface area contributed by atoms with Gasteiger partial charge in [-0.2, -0.15) is 0 Å². The van der Waals surface area contributed by atoms with Crippen LogP contribution in [0.3, 0.4) is 0 Å². The molecule has 2 N–H and O–H groups in total. The van der Waals surface area contributed by atoms with Crippen LogP contribution in [0.25, 0.3) is 0 Å². The van der Waals surface area contributed by atoms with Crippen molar-refractivity contribution in [3.63, 3.8) is 0 Å². The number of carbonyl (C=O) groups is 1. The van der Waals surface area contributed by atoms with Crippen molar-refractivity contribution in [1.29, 1.82) is 0 Å². The van der Waals surface area contributed by atoms with E-state index < -0.39 is 0 Å². The van der Waals surface area contributed by atoms with E-state index in [0.717, 1.165) is 9.35 Å². The van der Waals surface area contributed by atoms with Crippen LogP contribution < -0.4 is 5.73 Å². The lowest BCUT2D eigenvalue weighted by Gasteiger charge is -2.09. The fourth-order valence-corrected chi connectivity index (χ4v) is 2.25. The maximum atomic E-state index is 11.2. The molecule has 0 amide bonds. The van der Waals surface area contributed by atoms with Gasteiger partial charge < -0.3 is 10.5 Å². The first-order valence-corrected chi connectivity index (χ1v) is 5.38. The van der Waals surface area contributed by atoms with Gasteiger partial charge in [0.05, 0.1) is 16.8 Å². The molecule has 0 bridgehead atoms. The van der Waals surface area contributed by atoms with Gasteiger partial charge in [0.25, 0.3) is 0 Å². The first-order valence-electron chi connectivity index (χ1n) is 3.71. The monoisotopic (exact) mass is 263 g/mol. The molecule has 0 aliphatic heterocycles. The van der Waals surface area contributed by atoms with Crippen molar-refractivity contribution < 1.29 is 9.53 Å². The zero-order valence-corrected chi connectivity index (χ0v) is 9.52. The van der Waals surface area contributed by atoms with Gasteiger partial charge in [0.15, 0.2) is 0 Å². The van der Waals surface area contributed by atoms with Gasteiger partial charge in [-0.05, 0) is 32.9 Å². The molecule has 0 fully saturated rings. The van der Waals surface area contributed by atoms with Crippen molar-refractivity contribution >= 4 is 33.2 Å². The van der Waals surface area contributed by atoms with E-state index in [9.17, 15) is 4.79 Å². The minimum Gasteiger partial charge on any atom is -0.469 e. The first-order chi connectivity index (χ1) is 6.19. The highest BCUT2D eigenvalue weighted by molar-refractivity contribution is 9.11. The topological polar surface area (TPSA) is 52.3 Å². The van der Waals surface area contributed by atoms with Crippen molar-refractivity contribution in [2.75, 3.05) is 13.7 Å². The molecule has 13 heavy (non-hydrogen) atoms. The Kier molecular flexibility index (Phi) is 3.90. The molecule has 72 valence electrons. The van der Waals surface area contributed by atoms with Gasteiger partial charge in [0.1, 0.15) is 0 Å². The van der Waals surface area contributed by atoms with Gasteiger partial charge in [0.2, 0.25) is 0 Å². The molecule has 1 heterocycles. The molecule has 0 saturated heterocycles. The third-order valence-electron chi connectivity index (χ3n) is 1.71. The highest BCUT2D eigenvalue weighted by Gasteiger charge is 2.20. The quantitative estimate of drug-likeness (QED) is 0.846. The number of methoxy groups -OCH3 is 1. The predicted molar refractivity (Wildman–Crippen MR) is 55.8 cm³/mol. The smallest absolute Gasteiger partial charge is 0.314 e. The number of hydrogen-bond donors (Lipinski definition) is 1. The Morgan fingerprint density at radius 3 is 2.92 bits per heavy atom. The lowest BCUT2D eigenvalue weighted by molar-refractivity contribution is -0.142. The van der Waals surface area contributed by atoms with Crippen molar-refractivity contribution in [2.24, 2.45) is 5.73 Å². The lowest BCUT2D eigenvalue weighted by atomic mass is 10.0. The Labute approximate surface area is 89.0 Å². The van der Waals surface area contributed by atoms with Crippen molar-refractivity contribution in [3.05, 3.63) is 20.8 Å². The molecule has 0 spiro atoms. The summed E-state index contributed by atoms with van der Waals surface area (Å²) in [6.45, 7) is 0.274. The van der Waals surface area contributed by atoms with Crippen LogP contribution in [0.5, 0.6) is 0 Å². The van der Waals surface area contributed by atoms with Gasteiger partial charge in [-0.25, -0.2) is 0 Å². The minimum absolute atomic E-state index is 0.274. The fraction of sp³-hybridized carbons (Fsp3) is 0.375. The van der Waals surface area contributed by atoms with Gasteiger partial charge in [-0.15, -0.1) is 11.3 Å². The lowest BCUT2D eigenvalue weighted by Crippen LogP contribution is -2.22. The number of thiophene rings is 1. The molecule has 1 atom stereocenters. The maximum absolute atomic E-state index is 11.2. The summed E-state index contributed by atoms with van der Waals surface area (Å²) in [6, 6.07) is 1.89. The molecule has 1 aromatic rings. The Bertz CT molecular complexity index is 300. The summed E-state index contributed by atoms with van der Waals surface area (Å²) in [5, 5.41) is 1.90. The molecular formula is C8H10BrNO2S. The van der Waals surface area contributed by atoms with Crippen molar-refractivity contribution in [3.8, 4) is 0 Å². The van der Waals surface area contributed by atoms with E-state index in [4.69, 9.17) is 5.73 Å². The van der Waals surface area contributed by atoms with E-state index in [-0.39, 0.29) is 18.4 Å². The van der Waals surface area contributed by atoms with Crippen LogP contribution >= 0.6 is 27.3 Å². The summed E-state index contributed by atoms with van der Waals surface area (Å²) in [6.07, 6.45) is 0. The van der Waals surface area contributed by atoms with E-state index in [2.05, 4.69) is 20.7 Å². The van der Waals surface area contributed by atoms with E-state index in [1.165, 1.54) is 18.4 Å². The summed E-state index contributed by atoms with van der Waals surface area (Å²) in [4.78, 5) is 11.2. The number of rotatable bonds is 3. The number of esters is 1. The molecule has 5 heteroatoms. The van der Waals surface area contributed by atoms with E-state index in [1.807, 2.05) is 11.4 Å². The fourth-order valence-electron chi connectivity index (χ4n) is 1.02. The van der Waals surface area contributed by atoms with Crippen LogP contribution in [0.4, 0.5) is 0 Å². The second-order valence-electron chi connectivity index (χ2n) is 2.50. The normalized spacial score (nSPS) is 12.5. The van der Waals surface area contributed by atoms with Crippen LogP contribution in [0, 0.1) is 0 Å². The van der Waals surface area contributed by atoms with Gasteiger partial charge in [-0.1, -0.05) is 0 Å². The Morgan fingerprint density at radius 1 is 1.85 bits per heavy atom. The predicted octanol–water partition coefficient (Wildman–Crippen LogP) is 1.73. The second-order valence-corrected chi connectivity index (χ2v) is 4.79. The van der Waals surface area contributed by atoms with Crippen molar-refractivity contribution in [2.45, 2.75) is 5.92 Å². The highest BCUT2D eigenvalue weighted by Crippen LogP contribution is 2.26. The second kappa shape index (κ2) is 4.74. The standard InChI is InChI=1S/C8H10BrNO2S/c1-12-8(11)6(3-10)5-2-7(9)13-4-5/h2,4,6H,3,10H2,1H3. The first kappa shape index (κ1) is 10.7. The molecule has 0 aromatic carbocycles. The average molecular weight is 264 g/mol. The Balaban J connectivity index is 2.84. The average Bonchev–Trinajstić information content (AvgIpc) is 2.53. The summed E-state index contributed by atoms with van der Waals surface area (Å²) in [5.74, 6) is -0.625. The molecule has 0 aliphatic carbocycles. The van der Waals surface area contributed by atoms with Crippen LogP contribution in [0.2, 0.25) is 0 Å². The number of halogens is 1. The highest BCUT2D eigenvalue weighted by atomic mass is 79.9. The molecule has 1 aromatic heterocycles. The van der Waals surface area contributed by atoms with Crippen molar-refractivity contribution in [1.82, 2.24) is 0 Å². The molecule has 0 radical (unpaired) electrons. The van der Waals surface area contributed by atoms with E-state index in [1.54, 1.807) is 0 Å². The Morgan fingerprint density at radius 2 is 2.54 bits per heavy atom. The number of nitrogens with two attached hydrogens (primary N) is 1. The summed E-state index contributed by atoms with van der Waals surface area (Å²) in [5.41, 5.74) is 6.39. The van der Waals surface area contributed by atoms with E-state index in [0.29, 0.717) is 0 Å². The van der Waals surface area contributed by atoms with Crippen LogP contribution in [-0.2, 0) is 9.53 Å². The number of carbonyl (C=O) groups excluding carboxylic acids is 1. The molecule has 0 saturated carbocycles. The SMILES string of the molecule is COC(=O)C(CN)c1csc(Br)c1.